The third-order valence-electron chi connectivity index (χ3n) is 7.76. The van der Waals surface area contributed by atoms with E-state index in [-0.39, 0.29) is 12.8 Å². The van der Waals surface area contributed by atoms with Crippen LogP contribution in [0.4, 0.5) is 0 Å². The van der Waals surface area contributed by atoms with E-state index < -0.39 is 0 Å². The molecule has 188 valence electrons. The molecule has 1 N–H and O–H groups in total. The maximum absolute atomic E-state index is 10.2. The van der Waals surface area contributed by atoms with E-state index >= 15 is 0 Å². The first-order chi connectivity index (χ1) is 18.1. The third kappa shape index (κ3) is 3.99. The molecule has 0 aliphatic carbocycles. The van der Waals surface area contributed by atoms with Crippen LogP contribution in [0, 0.1) is 11.3 Å². The number of aliphatic hydroxyl groups excluding tert-OH is 1. The highest BCUT2D eigenvalue weighted by atomic mass is 16.5. The Morgan fingerprint density at radius 3 is 2.59 bits per heavy atom. The van der Waals surface area contributed by atoms with E-state index in [0.29, 0.717) is 12.2 Å². The fraction of sp³-hybridized carbons (Fsp3) is 0.300. The molecule has 0 saturated carbocycles. The topological polar surface area (TPSA) is 79.9 Å². The van der Waals surface area contributed by atoms with Gasteiger partial charge in [0.15, 0.2) is 11.5 Å². The molecule has 0 bridgehead atoms. The molecule has 0 radical (unpaired) electrons. The maximum Gasteiger partial charge on any atom is 0.161 e. The number of aromatic nitrogens is 1. The fourth-order valence-corrected chi connectivity index (χ4v) is 5.84. The Morgan fingerprint density at radius 1 is 1.03 bits per heavy atom. The van der Waals surface area contributed by atoms with Crippen molar-refractivity contribution in [2.24, 2.45) is 0 Å². The van der Waals surface area contributed by atoms with Gasteiger partial charge in [-0.05, 0) is 77.6 Å². The molecule has 4 aromatic rings. The number of hydrogen-bond donors (Lipinski definition) is 1. The van der Waals surface area contributed by atoms with Crippen LogP contribution in [-0.2, 0) is 32.7 Å². The maximum atomic E-state index is 10.2. The van der Waals surface area contributed by atoms with Gasteiger partial charge in [0.2, 0.25) is 0 Å². The van der Waals surface area contributed by atoms with Crippen LogP contribution in [0.1, 0.15) is 39.6 Å². The van der Waals surface area contributed by atoms with Crippen molar-refractivity contribution in [3.8, 4) is 23.3 Å². The largest absolute Gasteiger partial charge is 0.497 e. The second-order valence-electron chi connectivity index (χ2n) is 9.62. The van der Waals surface area contributed by atoms with Crippen LogP contribution in [-0.4, -0.2) is 35.3 Å². The van der Waals surface area contributed by atoms with Crippen LogP contribution in [0.25, 0.3) is 10.9 Å². The summed E-state index contributed by atoms with van der Waals surface area (Å²) in [5.41, 5.74) is 7.68. The van der Waals surface area contributed by atoms with Gasteiger partial charge < -0.3 is 23.9 Å². The summed E-state index contributed by atoms with van der Waals surface area (Å²) in [6, 6.07) is 20.1. The van der Waals surface area contributed by atoms with Crippen molar-refractivity contribution >= 4 is 10.9 Å². The van der Waals surface area contributed by atoms with Crippen molar-refractivity contribution in [1.29, 1.82) is 5.26 Å². The average molecular weight is 496 g/mol. The highest BCUT2D eigenvalue weighted by molar-refractivity contribution is 5.87. The monoisotopic (exact) mass is 495 g/mol. The molecule has 0 spiro atoms. The quantitative estimate of drug-likeness (QED) is 0.417. The van der Waals surface area contributed by atoms with Crippen molar-refractivity contribution in [2.75, 3.05) is 20.8 Å². The number of hydrogen-bond acceptors (Lipinski definition) is 6. The summed E-state index contributed by atoms with van der Waals surface area (Å²) >= 11 is 0. The minimum atomic E-state index is -0.0407. The Balaban J connectivity index is 1.33. The lowest BCUT2D eigenvalue weighted by Crippen LogP contribution is -2.39. The number of nitriles is 1. The predicted octanol–water partition coefficient (Wildman–Crippen LogP) is 4.71. The molecule has 3 aromatic carbocycles. The van der Waals surface area contributed by atoms with Crippen molar-refractivity contribution in [2.45, 2.75) is 38.8 Å². The van der Waals surface area contributed by atoms with E-state index in [2.05, 4.69) is 29.2 Å². The van der Waals surface area contributed by atoms with Crippen LogP contribution in [0.3, 0.4) is 0 Å². The van der Waals surface area contributed by atoms with Gasteiger partial charge >= 0.3 is 0 Å². The Bertz CT molecular complexity index is 1520. The van der Waals surface area contributed by atoms with Gasteiger partial charge in [0, 0.05) is 30.2 Å². The lowest BCUT2D eigenvalue weighted by molar-refractivity contribution is 0.145. The first kappa shape index (κ1) is 23.4. The van der Waals surface area contributed by atoms with Gasteiger partial charge in [-0.25, -0.2) is 0 Å². The number of fused-ring (bicyclic) bond motifs is 6. The Morgan fingerprint density at radius 2 is 1.86 bits per heavy atom. The summed E-state index contributed by atoms with van der Waals surface area (Å²) < 4.78 is 19.5. The zero-order valence-corrected chi connectivity index (χ0v) is 21.0. The highest BCUT2D eigenvalue weighted by Gasteiger charge is 2.36. The number of rotatable bonds is 6. The Labute approximate surface area is 216 Å². The summed E-state index contributed by atoms with van der Waals surface area (Å²) in [5, 5.41) is 20.4. The molecule has 1 unspecified atom stereocenters. The lowest BCUT2D eigenvalue weighted by Gasteiger charge is -2.41. The van der Waals surface area contributed by atoms with Crippen LogP contribution in [0.5, 0.6) is 17.2 Å². The van der Waals surface area contributed by atoms with Gasteiger partial charge in [-0.3, -0.25) is 4.90 Å². The molecular formula is C30H29N3O4. The molecule has 1 aromatic heterocycles. The van der Waals surface area contributed by atoms with Crippen molar-refractivity contribution < 1.29 is 19.3 Å². The second-order valence-corrected chi connectivity index (χ2v) is 9.62. The summed E-state index contributed by atoms with van der Waals surface area (Å²) in [6.45, 7) is 2.09. The first-order valence-electron chi connectivity index (χ1n) is 12.5. The van der Waals surface area contributed by atoms with E-state index in [0.717, 1.165) is 59.6 Å². The molecule has 2 aliphatic heterocycles. The van der Waals surface area contributed by atoms with E-state index in [1.54, 1.807) is 26.4 Å². The smallest absolute Gasteiger partial charge is 0.161 e. The molecule has 3 heterocycles. The molecule has 7 nitrogen and oxygen atoms in total. The molecule has 1 atom stereocenters. The van der Waals surface area contributed by atoms with Gasteiger partial charge in [-0.2, -0.15) is 5.26 Å². The van der Waals surface area contributed by atoms with E-state index in [1.165, 1.54) is 22.4 Å². The van der Waals surface area contributed by atoms with Crippen molar-refractivity contribution in [3.63, 3.8) is 0 Å². The van der Waals surface area contributed by atoms with Gasteiger partial charge in [-0.15, -0.1) is 0 Å². The number of benzene rings is 3. The normalized spacial score (nSPS) is 16.4. The van der Waals surface area contributed by atoms with Gasteiger partial charge in [-0.1, -0.05) is 12.1 Å². The zero-order valence-electron chi connectivity index (χ0n) is 21.0. The number of ether oxygens (including phenoxy) is 3. The SMILES string of the molecule is COc1ccc2c(c1)c1c(n2CO)CN2CCc3cc(OCc4ccc(C#N)cc4)c(OC)cc3C2C1. The summed E-state index contributed by atoms with van der Waals surface area (Å²) in [5.74, 6) is 2.28. The number of nitrogens with zero attached hydrogens (tertiary/aromatic N) is 3. The lowest BCUT2D eigenvalue weighted by atomic mass is 9.85. The minimum Gasteiger partial charge on any atom is -0.497 e. The van der Waals surface area contributed by atoms with E-state index in [1.807, 2.05) is 28.8 Å². The fourth-order valence-electron chi connectivity index (χ4n) is 5.84. The molecule has 37 heavy (non-hydrogen) atoms. The Kier molecular flexibility index (Phi) is 5.99. The van der Waals surface area contributed by atoms with Gasteiger partial charge in [0.25, 0.3) is 0 Å². The molecule has 0 saturated heterocycles. The molecule has 0 amide bonds. The predicted molar refractivity (Wildman–Crippen MR) is 140 cm³/mol. The standard InChI is InChI=1S/C30H29N3O4/c1-35-22-7-8-26-24(12-22)25-13-27-23-14-29(36-2)30(37-17-20-5-3-19(15-31)4-6-20)11-21(23)9-10-32(27)16-28(25)33(26)18-34/h3-8,11-12,14,27,34H,9-10,13,16-18H2,1-2H3. The number of aliphatic hydroxyl groups is 1. The molecule has 7 heteroatoms. The second kappa shape index (κ2) is 9.47. The van der Waals surface area contributed by atoms with Gasteiger partial charge in [0.05, 0.1) is 31.4 Å². The van der Waals surface area contributed by atoms with E-state index in [4.69, 9.17) is 19.5 Å². The van der Waals surface area contributed by atoms with Crippen LogP contribution < -0.4 is 14.2 Å². The summed E-state index contributed by atoms with van der Waals surface area (Å²) in [4.78, 5) is 2.50. The number of methoxy groups -OCH3 is 2. The van der Waals surface area contributed by atoms with Crippen LogP contribution in [0.2, 0.25) is 0 Å². The summed E-state index contributed by atoms with van der Waals surface area (Å²) in [7, 11) is 3.36. The van der Waals surface area contributed by atoms with Gasteiger partial charge in [0.1, 0.15) is 19.1 Å². The minimum absolute atomic E-state index is 0.0407. The third-order valence-corrected chi connectivity index (χ3v) is 7.76. The average Bonchev–Trinajstić information content (AvgIpc) is 3.26. The summed E-state index contributed by atoms with van der Waals surface area (Å²) in [6.07, 6.45) is 1.78. The molecule has 0 fully saturated rings. The first-order valence-corrected chi connectivity index (χ1v) is 12.5. The Hall–Kier alpha value is -3.99. The van der Waals surface area contributed by atoms with Crippen molar-refractivity contribution in [3.05, 3.63) is 88.1 Å². The zero-order chi connectivity index (χ0) is 25.5. The van der Waals surface area contributed by atoms with Crippen molar-refractivity contribution in [1.82, 2.24) is 9.47 Å². The van der Waals surface area contributed by atoms with Crippen LogP contribution >= 0.6 is 0 Å². The van der Waals surface area contributed by atoms with Crippen LogP contribution in [0.15, 0.2) is 54.6 Å². The molecule has 6 rings (SSSR count). The van der Waals surface area contributed by atoms with E-state index in [9.17, 15) is 5.11 Å². The molecule has 2 aliphatic rings. The highest BCUT2D eigenvalue weighted by Crippen LogP contribution is 2.45. The molecular weight excluding hydrogens is 466 g/mol.